The van der Waals surface area contributed by atoms with E-state index in [1.165, 1.54) is 12.1 Å². The Morgan fingerprint density at radius 1 is 1.38 bits per heavy atom. The summed E-state index contributed by atoms with van der Waals surface area (Å²) >= 11 is 0. The van der Waals surface area contributed by atoms with Crippen LogP contribution in [0.15, 0.2) is 12.1 Å². The molecule has 0 amide bonds. The maximum atomic E-state index is 14.3. The lowest BCUT2D eigenvalue weighted by atomic mass is 9.95. The van der Waals surface area contributed by atoms with E-state index in [1.807, 2.05) is 6.92 Å². The highest BCUT2D eigenvalue weighted by atomic mass is 19.1. The predicted molar refractivity (Wildman–Crippen MR) is 80.5 cm³/mol. The lowest BCUT2D eigenvalue weighted by Gasteiger charge is -2.37. The lowest BCUT2D eigenvalue weighted by Crippen LogP contribution is -2.44. The average Bonchev–Trinajstić information content (AvgIpc) is 2.39. The number of nitrogens with two attached hydrogens (primary N) is 1. The first-order valence-electron chi connectivity index (χ1n) is 7.43. The molecule has 0 radical (unpaired) electrons. The fourth-order valence-corrected chi connectivity index (χ4v) is 2.95. The van der Waals surface area contributed by atoms with Crippen LogP contribution in [0.5, 0.6) is 0 Å². The molecular weight excluding hydrogens is 274 g/mol. The van der Waals surface area contributed by atoms with Crippen molar-refractivity contribution >= 4 is 5.69 Å². The zero-order chi connectivity index (χ0) is 15.6. The SMILES string of the molecule is COC1CN(c2c(F)cc(CC(C)N)cc2F)CCC1C. The molecule has 1 aromatic carbocycles. The van der Waals surface area contributed by atoms with Crippen LogP contribution in [-0.4, -0.2) is 32.3 Å². The number of nitrogens with zero attached hydrogens (tertiary/aromatic N) is 1. The highest BCUT2D eigenvalue weighted by Gasteiger charge is 2.29. The fourth-order valence-electron chi connectivity index (χ4n) is 2.95. The summed E-state index contributed by atoms with van der Waals surface area (Å²) in [6.07, 6.45) is 1.33. The molecule has 0 aromatic heterocycles. The molecule has 1 aliphatic rings. The molecule has 2 N–H and O–H groups in total. The maximum absolute atomic E-state index is 14.3. The van der Waals surface area contributed by atoms with E-state index >= 15 is 0 Å². The monoisotopic (exact) mass is 298 g/mol. The quantitative estimate of drug-likeness (QED) is 0.929. The number of hydrogen-bond donors (Lipinski definition) is 1. The molecule has 1 fully saturated rings. The van der Waals surface area contributed by atoms with Crippen molar-refractivity contribution in [3.63, 3.8) is 0 Å². The van der Waals surface area contributed by atoms with Crippen LogP contribution < -0.4 is 10.6 Å². The Bertz CT molecular complexity index is 470. The van der Waals surface area contributed by atoms with Crippen LogP contribution in [0.25, 0.3) is 0 Å². The number of piperidine rings is 1. The second-order valence-corrected chi connectivity index (χ2v) is 6.08. The Hall–Kier alpha value is -1.20. The van der Waals surface area contributed by atoms with Gasteiger partial charge in [-0.1, -0.05) is 6.92 Å². The summed E-state index contributed by atoms with van der Waals surface area (Å²) in [5.74, 6) is -0.639. The van der Waals surface area contributed by atoms with E-state index in [0.29, 0.717) is 31.0 Å². The molecule has 1 heterocycles. The average molecular weight is 298 g/mol. The van der Waals surface area contributed by atoms with Crippen LogP contribution in [0, 0.1) is 17.6 Å². The molecule has 0 saturated carbocycles. The molecule has 3 atom stereocenters. The maximum Gasteiger partial charge on any atom is 0.149 e. The number of halogens is 2. The van der Waals surface area contributed by atoms with Crippen molar-refractivity contribution in [1.82, 2.24) is 0 Å². The smallest absolute Gasteiger partial charge is 0.149 e. The van der Waals surface area contributed by atoms with Gasteiger partial charge in [0.25, 0.3) is 0 Å². The number of anilines is 1. The molecular formula is C16H24F2N2O. The van der Waals surface area contributed by atoms with E-state index in [2.05, 4.69) is 6.92 Å². The molecule has 21 heavy (non-hydrogen) atoms. The molecule has 3 nitrogen and oxygen atoms in total. The number of ether oxygens (including phenoxy) is 1. The Labute approximate surface area is 125 Å². The summed E-state index contributed by atoms with van der Waals surface area (Å²) in [6, 6.07) is 2.66. The molecule has 118 valence electrons. The molecule has 0 bridgehead atoms. The number of benzene rings is 1. The van der Waals surface area contributed by atoms with Gasteiger partial charge in [0.15, 0.2) is 0 Å². The summed E-state index contributed by atoms with van der Waals surface area (Å²) < 4.78 is 34.0. The predicted octanol–water partition coefficient (Wildman–Crippen LogP) is 2.72. The number of hydrogen-bond acceptors (Lipinski definition) is 3. The summed E-state index contributed by atoms with van der Waals surface area (Å²) in [5.41, 5.74) is 6.33. The van der Waals surface area contributed by atoms with Crippen molar-refractivity contribution in [2.45, 2.75) is 38.8 Å². The second kappa shape index (κ2) is 6.71. The topological polar surface area (TPSA) is 38.5 Å². The summed E-state index contributed by atoms with van der Waals surface area (Å²) in [6.45, 7) is 5.07. The number of methoxy groups -OCH3 is 1. The van der Waals surface area contributed by atoms with Crippen LogP contribution >= 0.6 is 0 Å². The third-order valence-electron chi connectivity index (χ3n) is 4.14. The molecule has 1 aromatic rings. The van der Waals surface area contributed by atoms with Crippen LogP contribution in [0.3, 0.4) is 0 Å². The first-order valence-corrected chi connectivity index (χ1v) is 7.43. The van der Waals surface area contributed by atoms with Gasteiger partial charge in [0, 0.05) is 26.2 Å². The van der Waals surface area contributed by atoms with Crippen LogP contribution in [0.4, 0.5) is 14.5 Å². The van der Waals surface area contributed by atoms with Gasteiger partial charge in [0.2, 0.25) is 0 Å². The van der Waals surface area contributed by atoms with Gasteiger partial charge < -0.3 is 15.4 Å². The normalized spacial score (nSPS) is 24.2. The second-order valence-electron chi connectivity index (χ2n) is 6.08. The summed E-state index contributed by atoms with van der Waals surface area (Å²) in [7, 11) is 1.64. The van der Waals surface area contributed by atoms with E-state index in [4.69, 9.17) is 10.5 Å². The first kappa shape index (κ1) is 16.2. The minimum Gasteiger partial charge on any atom is -0.379 e. The fraction of sp³-hybridized carbons (Fsp3) is 0.625. The zero-order valence-electron chi connectivity index (χ0n) is 12.9. The zero-order valence-corrected chi connectivity index (χ0v) is 12.9. The van der Waals surface area contributed by atoms with Crippen molar-refractivity contribution in [1.29, 1.82) is 0 Å². The first-order chi connectivity index (χ1) is 9.92. The Kier molecular flexibility index (Phi) is 5.17. The van der Waals surface area contributed by atoms with Crippen molar-refractivity contribution in [3.05, 3.63) is 29.3 Å². The van der Waals surface area contributed by atoms with E-state index in [9.17, 15) is 8.78 Å². The third kappa shape index (κ3) is 3.71. The van der Waals surface area contributed by atoms with Gasteiger partial charge in [-0.15, -0.1) is 0 Å². The van der Waals surface area contributed by atoms with Gasteiger partial charge in [-0.05, 0) is 43.4 Å². The molecule has 2 rings (SSSR count). The van der Waals surface area contributed by atoms with Crippen LogP contribution in [0.2, 0.25) is 0 Å². The van der Waals surface area contributed by atoms with Crippen molar-refractivity contribution in [3.8, 4) is 0 Å². The highest BCUT2D eigenvalue weighted by Crippen LogP contribution is 2.30. The molecule has 3 unspecified atom stereocenters. The standard InChI is InChI=1S/C16H24F2N2O/c1-10-4-5-20(9-15(10)21-3)16-13(17)7-12(6-11(2)19)8-14(16)18/h7-8,10-11,15H,4-6,9,19H2,1-3H3. The largest absolute Gasteiger partial charge is 0.379 e. The summed E-state index contributed by atoms with van der Waals surface area (Å²) in [4.78, 5) is 1.74. The van der Waals surface area contributed by atoms with Gasteiger partial charge >= 0.3 is 0 Å². The van der Waals surface area contributed by atoms with Crippen LogP contribution in [-0.2, 0) is 11.2 Å². The molecule has 1 aliphatic heterocycles. The summed E-state index contributed by atoms with van der Waals surface area (Å²) in [5, 5.41) is 0. The van der Waals surface area contributed by atoms with Gasteiger partial charge in [0.1, 0.15) is 17.3 Å². The van der Waals surface area contributed by atoms with Crippen LogP contribution in [0.1, 0.15) is 25.8 Å². The van der Waals surface area contributed by atoms with E-state index in [1.54, 1.807) is 12.0 Å². The molecule has 0 spiro atoms. The minimum absolute atomic E-state index is 0.00119. The van der Waals surface area contributed by atoms with Crippen molar-refractivity contribution < 1.29 is 13.5 Å². The van der Waals surface area contributed by atoms with E-state index in [-0.39, 0.29) is 17.8 Å². The van der Waals surface area contributed by atoms with Gasteiger partial charge in [-0.2, -0.15) is 0 Å². The van der Waals surface area contributed by atoms with Crippen molar-refractivity contribution in [2.75, 3.05) is 25.1 Å². The minimum atomic E-state index is -0.518. The molecule has 0 aliphatic carbocycles. The van der Waals surface area contributed by atoms with E-state index < -0.39 is 11.6 Å². The van der Waals surface area contributed by atoms with Gasteiger partial charge in [0.05, 0.1) is 6.10 Å². The Balaban J connectivity index is 2.23. The van der Waals surface area contributed by atoms with Gasteiger partial charge in [-0.25, -0.2) is 8.78 Å². The van der Waals surface area contributed by atoms with Gasteiger partial charge in [-0.3, -0.25) is 0 Å². The lowest BCUT2D eigenvalue weighted by molar-refractivity contribution is 0.0495. The van der Waals surface area contributed by atoms with E-state index in [0.717, 1.165) is 6.42 Å². The number of rotatable bonds is 4. The molecule has 1 saturated heterocycles. The molecule has 5 heteroatoms. The highest BCUT2D eigenvalue weighted by molar-refractivity contribution is 5.51. The Morgan fingerprint density at radius 3 is 2.52 bits per heavy atom. The Morgan fingerprint density at radius 2 is 2.00 bits per heavy atom. The third-order valence-corrected chi connectivity index (χ3v) is 4.14. The van der Waals surface area contributed by atoms with Crippen molar-refractivity contribution in [2.24, 2.45) is 11.7 Å².